The largest absolute Gasteiger partial charge is 0.506 e. The predicted molar refractivity (Wildman–Crippen MR) is 48.6 cm³/mol. The second kappa shape index (κ2) is 2.85. The number of phenols is 1. The van der Waals surface area contributed by atoms with Gasteiger partial charge in [0.1, 0.15) is 11.4 Å². The average molecular weight is 162 g/mol. The van der Waals surface area contributed by atoms with Gasteiger partial charge in [-0.1, -0.05) is 12.1 Å². The van der Waals surface area contributed by atoms with Crippen molar-refractivity contribution in [3.05, 3.63) is 24.3 Å². The van der Waals surface area contributed by atoms with Crippen LogP contribution in [0.5, 0.6) is 5.75 Å². The van der Waals surface area contributed by atoms with Crippen LogP contribution in [-0.4, -0.2) is 17.9 Å². The SMILES string of the molecule is Oc1ccccc1N1CCC=N1. The van der Waals surface area contributed by atoms with Crippen molar-refractivity contribution in [3.63, 3.8) is 0 Å². The molecule has 0 amide bonds. The van der Waals surface area contributed by atoms with Gasteiger partial charge in [0, 0.05) is 19.2 Å². The first-order valence-corrected chi connectivity index (χ1v) is 3.96. The van der Waals surface area contributed by atoms with Crippen LogP contribution in [0.1, 0.15) is 6.42 Å². The van der Waals surface area contributed by atoms with E-state index in [1.54, 1.807) is 17.1 Å². The summed E-state index contributed by atoms with van der Waals surface area (Å²) < 4.78 is 0. The zero-order chi connectivity index (χ0) is 8.39. The number of hydrazone groups is 1. The average Bonchev–Trinajstić information content (AvgIpc) is 2.57. The van der Waals surface area contributed by atoms with Crippen molar-refractivity contribution in [3.8, 4) is 5.75 Å². The lowest BCUT2D eigenvalue weighted by atomic mass is 10.3. The molecule has 0 aromatic heterocycles. The van der Waals surface area contributed by atoms with E-state index in [1.165, 1.54) is 0 Å². The Bertz CT molecular complexity index is 309. The summed E-state index contributed by atoms with van der Waals surface area (Å²) in [6.07, 6.45) is 2.81. The van der Waals surface area contributed by atoms with Gasteiger partial charge in [-0.3, -0.25) is 5.01 Å². The van der Waals surface area contributed by atoms with E-state index in [4.69, 9.17) is 0 Å². The second-order valence-corrected chi connectivity index (χ2v) is 2.70. The highest BCUT2D eigenvalue weighted by molar-refractivity contribution is 5.67. The molecule has 1 aromatic carbocycles. The standard InChI is InChI=1S/C9H10N2O/c12-9-5-2-1-4-8(9)11-7-3-6-10-11/h1-2,4-6,12H,3,7H2. The number of phenolic OH excluding ortho intramolecular Hbond substituents is 1. The van der Waals surface area contributed by atoms with E-state index in [0.717, 1.165) is 18.7 Å². The van der Waals surface area contributed by atoms with E-state index in [1.807, 2.05) is 18.3 Å². The summed E-state index contributed by atoms with van der Waals surface area (Å²) in [5.74, 6) is 0.288. The van der Waals surface area contributed by atoms with Crippen molar-refractivity contribution >= 4 is 11.9 Å². The molecular weight excluding hydrogens is 152 g/mol. The van der Waals surface area contributed by atoms with Crippen LogP contribution in [0.4, 0.5) is 5.69 Å². The molecule has 62 valence electrons. The summed E-state index contributed by atoms with van der Waals surface area (Å²) in [6, 6.07) is 7.22. The van der Waals surface area contributed by atoms with Gasteiger partial charge < -0.3 is 5.11 Å². The quantitative estimate of drug-likeness (QED) is 0.680. The summed E-state index contributed by atoms with van der Waals surface area (Å²) in [6.45, 7) is 0.859. The van der Waals surface area contributed by atoms with E-state index in [2.05, 4.69) is 5.10 Å². The third-order valence-electron chi connectivity index (χ3n) is 1.85. The van der Waals surface area contributed by atoms with Gasteiger partial charge in [0.25, 0.3) is 0 Å². The topological polar surface area (TPSA) is 35.8 Å². The minimum atomic E-state index is 0.288. The number of rotatable bonds is 1. The van der Waals surface area contributed by atoms with Crippen LogP contribution in [0.2, 0.25) is 0 Å². The highest BCUT2D eigenvalue weighted by Gasteiger charge is 2.11. The lowest BCUT2D eigenvalue weighted by molar-refractivity contribution is 0.474. The fourth-order valence-electron chi connectivity index (χ4n) is 1.26. The molecule has 1 heterocycles. The Morgan fingerprint density at radius 2 is 2.17 bits per heavy atom. The molecule has 1 aliphatic heterocycles. The van der Waals surface area contributed by atoms with E-state index < -0.39 is 0 Å². The van der Waals surface area contributed by atoms with Crippen molar-refractivity contribution in [2.75, 3.05) is 11.6 Å². The fraction of sp³-hybridized carbons (Fsp3) is 0.222. The summed E-state index contributed by atoms with van der Waals surface area (Å²) >= 11 is 0. The molecule has 0 spiro atoms. The van der Waals surface area contributed by atoms with Gasteiger partial charge >= 0.3 is 0 Å². The summed E-state index contributed by atoms with van der Waals surface area (Å²) in [5.41, 5.74) is 0.784. The van der Waals surface area contributed by atoms with E-state index in [-0.39, 0.29) is 5.75 Å². The molecule has 12 heavy (non-hydrogen) atoms. The van der Waals surface area contributed by atoms with Crippen molar-refractivity contribution < 1.29 is 5.11 Å². The number of hydrogen-bond acceptors (Lipinski definition) is 3. The normalized spacial score (nSPS) is 15.5. The van der Waals surface area contributed by atoms with Crippen LogP contribution in [0.3, 0.4) is 0 Å². The van der Waals surface area contributed by atoms with Crippen LogP contribution < -0.4 is 5.01 Å². The third-order valence-corrected chi connectivity index (χ3v) is 1.85. The molecule has 0 saturated carbocycles. The zero-order valence-corrected chi connectivity index (χ0v) is 6.64. The predicted octanol–water partition coefficient (Wildman–Crippen LogP) is 1.59. The molecule has 3 nitrogen and oxygen atoms in total. The Hall–Kier alpha value is -1.51. The van der Waals surface area contributed by atoms with Crippen molar-refractivity contribution in [2.24, 2.45) is 5.10 Å². The molecule has 1 aliphatic rings. The molecule has 0 saturated heterocycles. The number of hydrogen-bond donors (Lipinski definition) is 1. The van der Waals surface area contributed by atoms with E-state index >= 15 is 0 Å². The Morgan fingerprint density at radius 3 is 2.83 bits per heavy atom. The maximum atomic E-state index is 9.46. The third kappa shape index (κ3) is 1.13. The molecule has 0 bridgehead atoms. The Labute approximate surface area is 70.9 Å². The molecular formula is C9H10N2O. The first-order chi connectivity index (χ1) is 5.88. The minimum Gasteiger partial charge on any atom is -0.506 e. The summed E-state index contributed by atoms with van der Waals surface area (Å²) in [4.78, 5) is 0. The number of aromatic hydroxyl groups is 1. The number of benzene rings is 1. The molecule has 3 heteroatoms. The van der Waals surface area contributed by atoms with E-state index in [9.17, 15) is 5.11 Å². The van der Waals surface area contributed by atoms with Crippen molar-refractivity contribution in [1.82, 2.24) is 0 Å². The highest BCUT2D eigenvalue weighted by atomic mass is 16.3. The molecule has 2 rings (SSSR count). The Morgan fingerprint density at radius 1 is 1.33 bits per heavy atom. The second-order valence-electron chi connectivity index (χ2n) is 2.70. The van der Waals surface area contributed by atoms with Crippen molar-refractivity contribution in [1.29, 1.82) is 0 Å². The maximum absolute atomic E-state index is 9.46. The minimum absolute atomic E-state index is 0.288. The molecule has 0 atom stereocenters. The van der Waals surface area contributed by atoms with Gasteiger partial charge in [-0.15, -0.1) is 0 Å². The number of anilines is 1. The van der Waals surface area contributed by atoms with Gasteiger partial charge in [-0.25, -0.2) is 0 Å². The van der Waals surface area contributed by atoms with Crippen LogP contribution in [0, 0.1) is 0 Å². The van der Waals surface area contributed by atoms with Crippen LogP contribution in [-0.2, 0) is 0 Å². The Kier molecular flexibility index (Phi) is 1.70. The first kappa shape index (κ1) is 7.16. The van der Waals surface area contributed by atoms with Gasteiger partial charge in [-0.05, 0) is 12.1 Å². The van der Waals surface area contributed by atoms with E-state index in [0.29, 0.717) is 0 Å². The van der Waals surface area contributed by atoms with Crippen LogP contribution >= 0.6 is 0 Å². The Balaban J connectivity index is 2.33. The number of para-hydroxylation sites is 2. The fourth-order valence-corrected chi connectivity index (χ4v) is 1.26. The van der Waals surface area contributed by atoms with Crippen molar-refractivity contribution in [2.45, 2.75) is 6.42 Å². The highest BCUT2D eigenvalue weighted by Crippen LogP contribution is 2.27. The molecule has 1 N–H and O–H groups in total. The molecule has 0 fully saturated rings. The van der Waals surface area contributed by atoms with Crippen LogP contribution in [0.15, 0.2) is 29.4 Å². The molecule has 1 aromatic rings. The smallest absolute Gasteiger partial charge is 0.140 e. The van der Waals surface area contributed by atoms with Gasteiger partial charge in [-0.2, -0.15) is 5.10 Å². The van der Waals surface area contributed by atoms with Gasteiger partial charge in [0.2, 0.25) is 0 Å². The monoisotopic (exact) mass is 162 g/mol. The van der Waals surface area contributed by atoms with Gasteiger partial charge in [0.05, 0.1) is 0 Å². The summed E-state index contributed by atoms with van der Waals surface area (Å²) in [7, 11) is 0. The first-order valence-electron chi connectivity index (χ1n) is 3.96. The molecule has 0 aliphatic carbocycles. The lowest BCUT2D eigenvalue weighted by Crippen LogP contribution is -2.11. The maximum Gasteiger partial charge on any atom is 0.140 e. The van der Waals surface area contributed by atoms with Gasteiger partial charge in [0.15, 0.2) is 0 Å². The van der Waals surface area contributed by atoms with Crippen LogP contribution in [0.25, 0.3) is 0 Å². The summed E-state index contributed by atoms with van der Waals surface area (Å²) in [5, 5.41) is 15.4. The molecule has 0 radical (unpaired) electrons. The number of nitrogens with zero attached hydrogens (tertiary/aromatic N) is 2. The lowest BCUT2D eigenvalue weighted by Gasteiger charge is -2.14. The molecule has 0 unspecified atom stereocenters. The zero-order valence-electron chi connectivity index (χ0n) is 6.64.